The van der Waals surface area contributed by atoms with Crippen molar-refractivity contribution in [1.82, 2.24) is 0 Å². The monoisotopic (exact) mass is 1800 g/mol. The molecule has 0 aliphatic rings. The molecule has 0 aromatic heterocycles. The van der Waals surface area contributed by atoms with Crippen LogP contribution >= 0.6 is 23.5 Å². The van der Waals surface area contributed by atoms with Crippen LogP contribution in [0.2, 0.25) is 5.82 Å². The molecule has 127 heavy (non-hydrogen) atoms. The summed E-state index contributed by atoms with van der Waals surface area (Å²) in [5.41, 5.74) is 20.2. The van der Waals surface area contributed by atoms with Gasteiger partial charge in [0.15, 0.2) is 0 Å². The molecule has 0 amide bonds. The van der Waals surface area contributed by atoms with Gasteiger partial charge in [-0.05, 0) is 165 Å². The van der Waals surface area contributed by atoms with Gasteiger partial charge in [0.05, 0.1) is 34.0 Å². The number of para-hydroxylation sites is 5. The molecule has 0 fully saturated rings. The van der Waals surface area contributed by atoms with Gasteiger partial charge in [-0.15, -0.1) is 23.5 Å². The van der Waals surface area contributed by atoms with Crippen molar-refractivity contribution >= 4 is 112 Å². The number of nitrogens with zero attached hydrogens (tertiary/aromatic N) is 6. The van der Waals surface area contributed by atoms with Gasteiger partial charge in [-0.2, -0.15) is 5.26 Å². The molecule has 0 atom stereocenters. The van der Waals surface area contributed by atoms with E-state index in [9.17, 15) is 30.8 Å². The van der Waals surface area contributed by atoms with Crippen molar-refractivity contribution in [3.63, 3.8) is 0 Å². The summed E-state index contributed by atoms with van der Waals surface area (Å²) in [4.78, 5) is 25.8. The number of nitriles is 1. The number of hydrogen-bond donors (Lipinski definition) is 5. The third kappa shape index (κ3) is 27.7. The predicted octanol–water partition coefficient (Wildman–Crippen LogP) is 30.1. The van der Waals surface area contributed by atoms with Crippen molar-refractivity contribution in [3.8, 4) is 34.8 Å². The third-order valence-corrected chi connectivity index (χ3v) is 24.9. The number of hydrogen-bond acceptors (Lipinski definition) is 13. The van der Waals surface area contributed by atoms with Crippen LogP contribution in [-0.4, -0.2) is 83.1 Å². The van der Waals surface area contributed by atoms with Crippen LogP contribution in [0, 0.1) is 18.3 Å². The molecule has 14 heteroatoms. The summed E-state index contributed by atoms with van der Waals surface area (Å²) in [7, 11) is 0. The zero-order chi connectivity index (χ0) is 94.1. The molecule has 0 aliphatic heterocycles. The number of benzene rings is 12. The van der Waals surface area contributed by atoms with Crippen LogP contribution in [0.15, 0.2) is 271 Å². The molecule has 664 valence electrons. The molecular weight excluding hydrogens is 1660 g/mol. The first-order valence-electron chi connectivity index (χ1n) is 43.3. The first-order valence-corrected chi connectivity index (χ1v) is 48.3. The zero-order valence-corrected chi connectivity index (χ0v) is 83.7. The van der Waals surface area contributed by atoms with Crippen molar-refractivity contribution in [2.75, 3.05) is 12.5 Å². The number of aryl methyl sites for hydroxylation is 1. The molecule has 12 aromatic rings. The summed E-state index contributed by atoms with van der Waals surface area (Å²) < 4.78 is 1.27. The van der Waals surface area contributed by atoms with Crippen molar-refractivity contribution < 1.29 is 25.5 Å². The van der Waals surface area contributed by atoms with E-state index in [2.05, 4.69) is 284 Å². The molecule has 0 spiro atoms. The average molecular weight is 1800 g/mol. The van der Waals surface area contributed by atoms with E-state index in [0.29, 0.717) is 49.0 Å². The second-order valence-corrected chi connectivity index (χ2v) is 43.7. The molecular formula is C113H134N6O5S2Se. The van der Waals surface area contributed by atoms with E-state index in [-0.39, 0.29) is 54.8 Å². The maximum absolute atomic E-state index is 11.5. The van der Waals surface area contributed by atoms with Crippen LogP contribution in [0.4, 0.5) is 28.4 Å². The van der Waals surface area contributed by atoms with Gasteiger partial charge in [-0.3, -0.25) is 15.0 Å². The van der Waals surface area contributed by atoms with Gasteiger partial charge in [-0.25, -0.2) is 4.99 Å². The van der Waals surface area contributed by atoms with E-state index < -0.39 is 0 Å². The number of thioether (sulfide) groups is 2. The Morgan fingerprint density at radius 1 is 0.346 bits per heavy atom. The van der Waals surface area contributed by atoms with E-state index in [0.717, 1.165) is 116 Å². The molecule has 12 aromatic carbocycles. The summed E-state index contributed by atoms with van der Waals surface area (Å²) in [5, 5.41) is 65.4. The third-order valence-electron chi connectivity index (χ3n) is 21.7. The molecule has 0 radical (unpaired) electrons. The quantitative estimate of drug-likeness (QED) is 0.0404. The summed E-state index contributed by atoms with van der Waals surface area (Å²) in [6, 6.07) is 80.3. The number of fused-ring (bicyclic) bond motifs is 1. The molecule has 0 saturated carbocycles. The standard InChI is InChI=1S/C28H33NOS.C23H31NOS.C22H26N2O.C22H29NOSe.C18H15NO/c1-27(2,3)20-17-21(26(30)22(18-20)28(4,5)6)25(19-13-9-8-10-14-19)29-23-15-11-12-16-24(23)31-7;1-15(24-19-11-9-10-12-20(19)26-8)17-13-16(22(2,3)4)14-18(21(17)25)23(5,6)7;1-21(2,3)17-11-16(20(25)18(12-17)22(4,5)6)14-24-19-10-8-7-9-15(19)13-23;1-21(2,3)16-12-15(20(24)17(13-16)22(4,5)6)14-23-18-10-8-9-11-19(18)25-7;1-13-6-2-5-9-17(13)19-12-16-10-14-7-3-4-8-15(14)11-18(16)20/h8-18,30H,1-7H3;9-14,25H,1-8H3;7-12,14,25H,1-6H3;8-14,24H,1-7H3;2-12,20H,1H3. The van der Waals surface area contributed by atoms with Crippen molar-refractivity contribution in [1.29, 1.82) is 5.26 Å². The van der Waals surface area contributed by atoms with Crippen molar-refractivity contribution in [2.45, 2.75) is 239 Å². The van der Waals surface area contributed by atoms with Crippen LogP contribution in [0.5, 0.6) is 28.7 Å². The van der Waals surface area contributed by atoms with E-state index in [4.69, 9.17) is 9.98 Å². The minimum Gasteiger partial charge on any atom is -0.507 e. The topological polar surface area (TPSA) is 187 Å². The van der Waals surface area contributed by atoms with E-state index in [1.54, 1.807) is 54.2 Å². The van der Waals surface area contributed by atoms with Gasteiger partial charge in [0, 0.05) is 72.4 Å². The Morgan fingerprint density at radius 3 is 1.13 bits per heavy atom. The summed E-state index contributed by atoms with van der Waals surface area (Å²) >= 11 is 3.75. The normalized spacial score (nSPS) is 12.5. The fraction of sp³-hybridized carbons (Fsp3) is 0.327. The largest absolute Gasteiger partial charge is 0.507 e. The number of rotatable bonds is 14. The number of aliphatic imine (C=N–C) groups is 5. The first kappa shape index (κ1) is 101. The SMILES string of the molecule is CC(C)(C)c1cc(C=Nc2ccccc2C#N)c(O)c(C(C)(C)C)c1.CSc1ccccc1N=C(C)c1cc(C(C)(C)C)cc(C(C)(C)C)c1O.CSc1ccccc1N=C(c1ccccc1)c1cc(C(C)(C)C)cc(C(C)(C)C)c1O.C[Se]c1ccccc1N=Cc1cc(C(C)(C)C)cc(C(C)(C)C)c1O.Cc1ccccc1N=Cc1cc2ccccc2cc1O. The minimum absolute atomic E-state index is 0.0000916. The summed E-state index contributed by atoms with van der Waals surface area (Å²) in [6.07, 6.45) is 9.29. The Bertz CT molecular complexity index is 6030. The van der Waals surface area contributed by atoms with Gasteiger partial charge in [0.25, 0.3) is 0 Å². The van der Waals surface area contributed by atoms with Crippen LogP contribution in [0.25, 0.3) is 10.8 Å². The van der Waals surface area contributed by atoms with E-state index in [1.165, 1.54) is 21.2 Å². The Hall–Kier alpha value is -11.0. The molecule has 0 unspecified atom stereocenters. The molecule has 0 bridgehead atoms. The fourth-order valence-corrected chi connectivity index (χ4v) is 16.0. The Balaban J connectivity index is 0.000000197. The number of phenols is 5. The minimum atomic E-state index is -0.195. The molecule has 0 saturated heterocycles. The van der Waals surface area contributed by atoms with E-state index in [1.807, 2.05) is 160 Å². The smallest absolute Gasteiger partial charge is 0.124 e. The van der Waals surface area contributed by atoms with Gasteiger partial charge >= 0.3 is 158 Å². The second-order valence-electron chi connectivity index (χ2n) is 40.3. The van der Waals surface area contributed by atoms with Crippen molar-refractivity contribution in [2.24, 2.45) is 25.0 Å². The van der Waals surface area contributed by atoms with Gasteiger partial charge in [-0.1, -0.05) is 252 Å². The zero-order valence-electron chi connectivity index (χ0n) is 80.4. The van der Waals surface area contributed by atoms with Crippen molar-refractivity contribution in [3.05, 3.63) is 326 Å². The Morgan fingerprint density at radius 2 is 0.693 bits per heavy atom. The number of aromatic hydroxyl groups is 5. The maximum Gasteiger partial charge on any atom is 0.124 e. The van der Waals surface area contributed by atoms with Crippen LogP contribution in [-0.2, 0) is 43.3 Å². The molecule has 5 N–H and O–H groups in total. The fourth-order valence-electron chi connectivity index (χ4n) is 13.8. The predicted molar refractivity (Wildman–Crippen MR) is 549 cm³/mol. The van der Waals surface area contributed by atoms with Gasteiger partial charge in [0.2, 0.25) is 0 Å². The number of phenolic OH excluding ortho intramolecular Hbond substituents is 5. The molecule has 11 nitrogen and oxygen atoms in total. The van der Waals surface area contributed by atoms with Crippen LogP contribution < -0.4 is 4.46 Å². The van der Waals surface area contributed by atoms with Gasteiger partial charge < -0.3 is 20.4 Å². The van der Waals surface area contributed by atoms with E-state index >= 15 is 0 Å². The first-order chi connectivity index (χ1) is 59.3. The summed E-state index contributed by atoms with van der Waals surface area (Å²) in [6.45, 7) is 55.7. The molecule has 12 rings (SSSR count). The summed E-state index contributed by atoms with van der Waals surface area (Å²) in [5.74, 6) is 3.68. The second kappa shape index (κ2) is 42.7. The van der Waals surface area contributed by atoms with Crippen LogP contribution in [0.1, 0.15) is 262 Å². The Labute approximate surface area is 774 Å². The molecule has 0 heterocycles. The van der Waals surface area contributed by atoms with Crippen LogP contribution in [0.3, 0.4) is 0 Å². The Kier molecular flexibility index (Phi) is 34.1. The van der Waals surface area contributed by atoms with Gasteiger partial charge in [0.1, 0.15) is 29.1 Å². The molecule has 0 aliphatic carbocycles. The maximum atomic E-state index is 11.5. The average Bonchev–Trinajstić information content (AvgIpc) is 0.785.